The van der Waals surface area contributed by atoms with Gasteiger partial charge in [0.1, 0.15) is 0 Å². The van der Waals surface area contributed by atoms with E-state index in [0.29, 0.717) is 21.8 Å². The van der Waals surface area contributed by atoms with Gasteiger partial charge in [0.15, 0.2) is 5.78 Å². The van der Waals surface area contributed by atoms with Gasteiger partial charge in [-0.05, 0) is 55.0 Å². The van der Waals surface area contributed by atoms with E-state index in [2.05, 4.69) is 6.07 Å². The number of ketones is 1. The Morgan fingerprint density at radius 1 is 1.05 bits per heavy atom. The molecule has 0 amide bonds. The molecule has 3 rings (SSSR count). The minimum Gasteiger partial charge on any atom is -0.398 e. The average molecular weight is 286 g/mol. The summed E-state index contributed by atoms with van der Waals surface area (Å²) in [6, 6.07) is 11.2. The van der Waals surface area contributed by atoms with Gasteiger partial charge >= 0.3 is 0 Å². The van der Waals surface area contributed by atoms with E-state index in [1.54, 1.807) is 18.2 Å². The first kappa shape index (κ1) is 13.2. The normalized spacial score (nSPS) is 13.8. The molecule has 2 aromatic rings. The largest absolute Gasteiger partial charge is 0.398 e. The monoisotopic (exact) mass is 285 g/mol. The van der Waals surface area contributed by atoms with Gasteiger partial charge in [0.05, 0.1) is 10.7 Å². The van der Waals surface area contributed by atoms with Crippen LogP contribution in [0, 0.1) is 0 Å². The highest BCUT2D eigenvalue weighted by Crippen LogP contribution is 2.27. The summed E-state index contributed by atoms with van der Waals surface area (Å²) in [4.78, 5) is 12.6. The maximum Gasteiger partial charge on any atom is 0.194 e. The lowest BCUT2D eigenvalue weighted by Crippen LogP contribution is -2.08. The lowest BCUT2D eigenvalue weighted by molar-refractivity contribution is 0.103. The minimum absolute atomic E-state index is 0.0596. The van der Waals surface area contributed by atoms with E-state index >= 15 is 0 Å². The van der Waals surface area contributed by atoms with Crippen LogP contribution in [-0.2, 0) is 12.8 Å². The van der Waals surface area contributed by atoms with Crippen LogP contribution in [0.2, 0.25) is 5.02 Å². The minimum atomic E-state index is -0.0596. The summed E-state index contributed by atoms with van der Waals surface area (Å²) in [7, 11) is 0. The van der Waals surface area contributed by atoms with Crippen LogP contribution < -0.4 is 5.73 Å². The first-order valence-electron chi connectivity index (χ1n) is 6.87. The number of hydrogen-bond donors (Lipinski definition) is 1. The second-order valence-electron chi connectivity index (χ2n) is 5.23. The summed E-state index contributed by atoms with van der Waals surface area (Å²) in [6.45, 7) is 0. The molecule has 3 heteroatoms. The standard InChI is InChI=1S/C17H16ClNO/c18-16-14(6-3-7-15(16)19)17(20)13-9-8-11-4-1-2-5-12(11)10-13/h3,6-10H,1-2,4-5,19H2. The average Bonchev–Trinajstić information content (AvgIpc) is 2.49. The summed E-state index contributed by atoms with van der Waals surface area (Å²) >= 11 is 6.14. The second-order valence-corrected chi connectivity index (χ2v) is 5.61. The molecule has 0 saturated heterocycles. The zero-order chi connectivity index (χ0) is 14.1. The predicted octanol–water partition coefficient (Wildman–Crippen LogP) is 4.03. The number of carbonyl (C=O) groups excluding carboxylic acids is 1. The summed E-state index contributed by atoms with van der Waals surface area (Å²) in [6.07, 6.45) is 4.61. The zero-order valence-electron chi connectivity index (χ0n) is 11.2. The third kappa shape index (κ3) is 2.32. The molecule has 2 aromatic carbocycles. The van der Waals surface area contributed by atoms with Crippen LogP contribution in [0.5, 0.6) is 0 Å². The smallest absolute Gasteiger partial charge is 0.194 e. The lowest BCUT2D eigenvalue weighted by atomic mass is 9.89. The van der Waals surface area contributed by atoms with Crippen molar-refractivity contribution in [2.45, 2.75) is 25.7 Å². The lowest BCUT2D eigenvalue weighted by Gasteiger charge is -2.16. The Morgan fingerprint density at radius 2 is 1.80 bits per heavy atom. The van der Waals surface area contributed by atoms with Crippen molar-refractivity contribution in [3.8, 4) is 0 Å². The molecular weight excluding hydrogens is 270 g/mol. The Balaban J connectivity index is 2.00. The van der Waals surface area contributed by atoms with E-state index in [-0.39, 0.29) is 5.78 Å². The van der Waals surface area contributed by atoms with E-state index in [1.807, 2.05) is 12.1 Å². The van der Waals surface area contributed by atoms with Crippen molar-refractivity contribution in [3.63, 3.8) is 0 Å². The number of halogens is 1. The van der Waals surface area contributed by atoms with Gasteiger partial charge in [-0.1, -0.05) is 29.8 Å². The molecule has 0 atom stereocenters. The van der Waals surface area contributed by atoms with Gasteiger partial charge in [-0.2, -0.15) is 0 Å². The van der Waals surface area contributed by atoms with Crippen molar-refractivity contribution >= 4 is 23.1 Å². The predicted molar refractivity (Wildman–Crippen MR) is 82.4 cm³/mol. The Kier molecular flexibility index (Phi) is 3.49. The highest BCUT2D eigenvalue weighted by molar-refractivity contribution is 6.37. The Morgan fingerprint density at radius 3 is 2.60 bits per heavy atom. The number of benzene rings is 2. The number of rotatable bonds is 2. The number of carbonyl (C=O) groups is 1. The zero-order valence-corrected chi connectivity index (χ0v) is 11.9. The molecule has 20 heavy (non-hydrogen) atoms. The summed E-state index contributed by atoms with van der Waals surface area (Å²) < 4.78 is 0. The van der Waals surface area contributed by atoms with Crippen LogP contribution in [0.1, 0.15) is 39.9 Å². The van der Waals surface area contributed by atoms with Gasteiger partial charge in [0.2, 0.25) is 0 Å². The molecule has 0 unspecified atom stereocenters. The van der Waals surface area contributed by atoms with Gasteiger partial charge in [-0.3, -0.25) is 4.79 Å². The first-order chi connectivity index (χ1) is 9.66. The Hall–Kier alpha value is -1.80. The number of aryl methyl sites for hydroxylation is 2. The molecule has 0 radical (unpaired) electrons. The molecule has 1 aliphatic rings. The van der Waals surface area contributed by atoms with Crippen molar-refractivity contribution in [3.05, 3.63) is 63.7 Å². The van der Waals surface area contributed by atoms with Gasteiger partial charge in [-0.15, -0.1) is 0 Å². The highest BCUT2D eigenvalue weighted by atomic mass is 35.5. The van der Waals surface area contributed by atoms with Crippen LogP contribution in [0.25, 0.3) is 0 Å². The van der Waals surface area contributed by atoms with E-state index in [0.717, 1.165) is 12.8 Å². The molecule has 0 bridgehead atoms. The van der Waals surface area contributed by atoms with Crippen molar-refractivity contribution < 1.29 is 4.79 Å². The summed E-state index contributed by atoms with van der Waals surface area (Å²) in [5.41, 5.74) is 10.0. The van der Waals surface area contributed by atoms with Crippen LogP contribution >= 0.6 is 11.6 Å². The number of nitrogen functional groups attached to an aromatic ring is 1. The summed E-state index contributed by atoms with van der Waals surface area (Å²) in [5.74, 6) is -0.0596. The Bertz CT molecular complexity index is 679. The Labute approximate surface area is 123 Å². The van der Waals surface area contributed by atoms with Crippen LogP contribution in [-0.4, -0.2) is 5.78 Å². The van der Waals surface area contributed by atoms with Crippen LogP contribution in [0.4, 0.5) is 5.69 Å². The van der Waals surface area contributed by atoms with Crippen molar-refractivity contribution in [2.24, 2.45) is 0 Å². The fourth-order valence-electron chi connectivity index (χ4n) is 2.76. The van der Waals surface area contributed by atoms with Gasteiger partial charge < -0.3 is 5.73 Å². The van der Waals surface area contributed by atoms with E-state index in [4.69, 9.17) is 17.3 Å². The molecule has 102 valence electrons. The third-order valence-corrected chi connectivity index (χ3v) is 4.31. The van der Waals surface area contributed by atoms with Gasteiger partial charge in [-0.25, -0.2) is 0 Å². The molecule has 1 aliphatic carbocycles. The number of hydrogen-bond acceptors (Lipinski definition) is 2. The number of anilines is 1. The van der Waals surface area contributed by atoms with Crippen molar-refractivity contribution in [2.75, 3.05) is 5.73 Å². The molecule has 2 N–H and O–H groups in total. The molecule has 0 aromatic heterocycles. The molecule has 2 nitrogen and oxygen atoms in total. The second kappa shape index (κ2) is 5.29. The maximum atomic E-state index is 12.6. The van der Waals surface area contributed by atoms with Gasteiger partial charge in [0.25, 0.3) is 0 Å². The molecule has 0 aliphatic heterocycles. The number of nitrogens with two attached hydrogens (primary N) is 1. The maximum absolute atomic E-state index is 12.6. The molecule has 0 heterocycles. The summed E-state index contributed by atoms with van der Waals surface area (Å²) in [5, 5.41) is 0.343. The van der Waals surface area contributed by atoms with Crippen molar-refractivity contribution in [1.82, 2.24) is 0 Å². The van der Waals surface area contributed by atoms with E-state index in [9.17, 15) is 4.79 Å². The molecular formula is C17H16ClNO. The third-order valence-electron chi connectivity index (χ3n) is 3.88. The van der Waals surface area contributed by atoms with Gasteiger partial charge in [0, 0.05) is 11.1 Å². The quantitative estimate of drug-likeness (QED) is 0.669. The molecule has 0 saturated carbocycles. The van der Waals surface area contributed by atoms with Crippen LogP contribution in [0.3, 0.4) is 0 Å². The van der Waals surface area contributed by atoms with E-state index < -0.39 is 0 Å². The number of fused-ring (bicyclic) bond motifs is 1. The SMILES string of the molecule is Nc1cccc(C(=O)c2ccc3c(c2)CCCC3)c1Cl. The van der Waals surface area contributed by atoms with Crippen molar-refractivity contribution in [1.29, 1.82) is 0 Å². The highest BCUT2D eigenvalue weighted by Gasteiger charge is 2.17. The topological polar surface area (TPSA) is 43.1 Å². The van der Waals surface area contributed by atoms with E-state index in [1.165, 1.54) is 24.0 Å². The molecule has 0 fully saturated rings. The fourth-order valence-corrected chi connectivity index (χ4v) is 2.97. The van der Waals surface area contributed by atoms with Crippen LogP contribution in [0.15, 0.2) is 36.4 Å². The first-order valence-corrected chi connectivity index (χ1v) is 7.25. The molecule has 0 spiro atoms. The fraction of sp³-hybridized carbons (Fsp3) is 0.235.